The molecule has 0 amide bonds. The molecule has 0 radical (unpaired) electrons. The van der Waals surface area contributed by atoms with E-state index in [4.69, 9.17) is 11.2 Å². The lowest BCUT2D eigenvalue weighted by atomic mass is 9.51. The first-order valence-electron chi connectivity index (χ1n) is 6.57. The Morgan fingerprint density at radius 2 is 1.94 bits per heavy atom. The Bertz CT molecular complexity index is 450. The number of hydrogen-bond donors (Lipinski definition) is 0. The van der Waals surface area contributed by atoms with E-state index < -0.39 is 0 Å². The first kappa shape index (κ1) is 12.3. The average Bonchev–Trinajstić information content (AvgIpc) is 2.45. The highest BCUT2D eigenvalue weighted by atomic mass is 79.9. The van der Waals surface area contributed by atoms with E-state index in [9.17, 15) is 0 Å². The first-order valence-corrected chi connectivity index (χ1v) is 7.49. The zero-order valence-electron chi connectivity index (χ0n) is 10.3. The summed E-state index contributed by atoms with van der Waals surface area (Å²) in [5, 5.41) is 0. The van der Waals surface area contributed by atoms with Crippen molar-refractivity contribution in [2.75, 3.05) is 6.61 Å². The van der Waals surface area contributed by atoms with E-state index in [1.807, 2.05) is 0 Å². The molecule has 1 aromatic carbocycles. The van der Waals surface area contributed by atoms with Crippen LogP contribution in [-0.2, 0) is 10.3 Å². The molecule has 2 aliphatic carbocycles. The summed E-state index contributed by atoms with van der Waals surface area (Å²) in [6, 6.07) is 10.6. The van der Waals surface area contributed by atoms with E-state index in [2.05, 4.69) is 52.2 Å². The molecule has 2 saturated carbocycles. The number of fused-ring (bicyclic) bond motifs is 2. The number of alkyl halides is 1. The highest BCUT2D eigenvalue weighted by Crippen LogP contribution is 2.63. The Kier molecular flexibility index (Phi) is 3.21. The summed E-state index contributed by atoms with van der Waals surface area (Å²) in [5.74, 6) is 3.75. The molecule has 2 bridgehead atoms. The Hall–Kier alpha value is -0.780. The second-order valence-corrected chi connectivity index (χ2v) is 6.30. The number of terminal acetylenes is 1. The highest BCUT2D eigenvalue weighted by molar-refractivity contribution is 9.09. The molecule has 94 valence electrons. The van der Waals surface area contributed by atoms with Crippen LogP contribution in [0.1, 0.15) is 24.8 Å². The van der Waals surface area contributed by atoms with Gasteiger partial charge in [-0.2, -0.15) is 0 Å². The number of hydrogen-bond acceptors (Lipinski definition) is 1. The maximum absolute atomic E-state index is 6.17. The lowest BCUT2D eigenvalue weighted by Crippen LogP contribution is -2.64. The van der Waals surface area contributed by atoms with Crippen molar-refractivity contribution in [3.05, 3.63) is 35.9 Å². The Labute approximate surface area is 117 Å². The van der Waals surface area contributed by atoms with Gasteiger partial charge in [-0.15, -0.1) is 6.42 Å². The largest absolute Gasteiger partial charge is 0.357 e. The summed E-state index contributed by atoms with van der Waals surface area (Å²) >= 11 is 3.84. The third-order valence-corrected chi connectivity index (χ3v) is 5.80. The minimum absolute atomic E-state index is 0.139. The van der Waals surface area contributed by atoms with E-state index in [0.717, 1.165) is 0 Å². The van der Waals surface area contributed by atoms with Gasteiger partial charge in [0.15, 0.2) is 0 Å². The zero-order valence-corrected chi connectivity index (χ0v) is 11.9. The van der Waals surface area contributed by atoms with Gasteiger partial charge >= 0.3 is 0 Å². The molecule has 1 aromatic rings. The Morgan fingerprint density at radius 3 is 2.50 bits per heavy atom. The second-order valence-electron chi connectivity index (χ2n) is 5.24. The molecular weight excluding hydrogens is 288 g/mol. The molecule has 2 heteroatoms. The minimum Gasteiger partial charge on any atom is -0.357 e. The maximum Gasteiger partial charge on any atom is 0.108 e. The van der Waals surface area contributed by atoms with Crippen molar-refractivity contribution in [1.29, 1.82) is 0 Å². The molecule has 0 aliphatic heterocycles. The van der Waals surface area contributed by atoms with Crippen LogP contribution < -0.4 is 0 Å². The van der Waals surface area contributed by atoms with Gasteiger partial charge in [0.2, 0.25) is 0 Å². The minimum atomic E-state index is -0.139. The predicted molar refractivity (Wildman–Crippen MR) is 76.5 cm³/mol. The third-order valence-electron chi connectivity index (χ3n) is 4.52. The molecule has 2 aliphatic rings. The van der Waals surface area contributed by atoms with Crippen molar-refractivity contribution in [2.45, 2.75) is 29.7 Å². The molecule has 2 atom stereocenters. The van der Waals surface area contributed by atoms with Crippen LogP contribution >= 0.6 is 15.9 Å². The SMILES string of the molecule is C#CCOC1(c2ccccc2)C2CCCC1C2Br. The lowest BCUT2D eigenvalue weighted by Gasteiger charge is -2.62. The van der Waals surface area contributed by atoms with Crippen LogP contribution in [0.5, 0.6) is 0 Å². The van der Waals surface area contributed by atoms with Crippen LogP contribution in [0.3, 0.4) is 0 Å². The van der Waals surface area contributed by atoms with E-state index in [1.165, 1.54) is 24.8 Å². The molecule has 18 heavy (non-hydrogen) atoms. The molecule has 0 spiro atoms. The Morgan fingerprint density at radius 1 is 1.28 bits per heavy atom. The molecule has 0 aromatic heterocycles. The molecule has 0 heterocycles. The van der Waals surface area contributed by atoms with Gasteiger partial charge in [0.25, 0.3) is 0 Å². The van der Waals surface area contributed by atoms with Crippen LogP contribution in [0.2, 0.25) is 0 Å². The number of ether oxygens (including phenoxy) is 1. The van der Waals surface area contributed by atoms with Crippen molar-refractivity contribution in [3.8, 4) is 12.3 Å². The van der Waals surface area contributed by atoms with Crippen molar-refractivity contribution >= 4 is 15.9 Å². The summed E-state index contributed by atoms with van der Waals surface area (Å²) in [6.45, 7) is 0.404. The average molecular weight is 305 g/mol. The molecule has 3 rings (SSSR count). The van der Waals surface area contributed by atoms with Crippen molar-refractivity contribution < 1.29 is 4.74 Å². The van der Waals surface area contributed by atoms with Crippen LogP contribution in [0.15, 0.2) is 30.3 Å². The fourth-order valence-corrected chi connectivity index (χ4v) is 5.11. The van der Waals surface area contributed by atoms with Crippen molar-refractivity contribution in [3.63, 3.8) is 0 Å². The van der Waals surface area contributed by atoms with Gasteiger partial charge in [-0.1, -0.05) is 58.6 Å². The molecule has 2 unspecified atom stereocenters. The van der Waals surface area contributed by atoms with E-state index in [-0.39, 0.29) is 5.60 Å². The number of halogens is 1. The van der Waals surface area contributed by atoms with E-state index >= 15 is 0 Å². The van der Waals surface area contributed by atoms with Crippen LogP contribution in [0.25, 0.3) is 0 Å². The maximum atomic E-state index is 6.17. The summed E-state index contributed by atoms with van der Waals surface area (Å²) < 4.78 is 6.17. The second kappa shape index (κ2) is 4.72. The quantitative estimate of drug-likeness (QED) is 0.611. The monoisotopic (exact) mass is 304 g/mol. The van der Waals surface area contributed by atoms with Gasteiger partial charge in [-0.25, -0.2) is 0 Å². The normalized spacial score (nSPS) is 37.7. The van der Waals surface area contributed by atoms with Crippen LogP contribution in [-0.4, -0.2) is 11.4 Å². The van der Waals surface area contributed by atoms with E-state index in [1.54, 1.807) is 0 Å². The topological polar surface area (TPSA) is 9.23 Å². The van der Waals surface area contributed by atoms with E-state index in [0.29, 0.717) is 23.3 Å². The van der Waals surface area contributed by atoms with Gasteiger partial charge < -0.3 is 4.74 Å². The summed E-state index contributed by atoms with van der Waals surface area (Å²) in [7, 11) is 0. The number of benzene rings is 1. The van der Waals surface area contributed by atoms with Gasteiger partial charge in [0, 0.05) is 16.7 Å². The highest BCUT2D eigenvalue weighted by Gasteiger charge is 2.64. The number of rotatable bonds is 3. The Balaban J connectivity index is 1.99. The smallest absolute Gasteiger partial charge is 0.108 e. The molecule has 0 N–H and O–H groups in total. The summed E-state index contributed by atoms with van der Waals surface area (Å²) in [5.41, 5.74) is 1.16. The summed E-state index contributed by atoms with van der Waals surface area (Å²) in [4.78, 5) is 0.587. The lowest BCUT2D eigenvalue weighted by molar-refractivity contribution is -0.207. The molecular formula is C16H17BrO. The van der Waals surface area contributed by atoms with Crippen LogP contribution in [0.4, 0.5) is 0 Å². The van der Waals surface area contributed by atoms with Gasteiger partial charge in [-0.05, 0) is 18.4 Å². The summed E-state index contributed by atoms with van der Waals surface area (Å²) in [6.07, 6.45) is 9.16. The van der Waals surface area contributed by atoms with Gasteiger partial charge in [0.1, 0.15) is 12.2 Å². The van der Waals surface area contributed by atoms with Gasteiger partial charge in [0.05, 0.1) is 0 Å². The fourth-order valence-electron chi connectivity index (χ4n) is 3.80. The molecule has 1 nitrogen and oxygen atoms in total. The molecule has 0 saturated heterocycles. The predicted octanol–water partition coefficient (Wildman–Crippen LogP) is 3.73. The first-order chi connectivity index (χ1) is 8.80. The van der Waals surface area contributed by atoms with Crippen molar-refractivity contribution in [2.24, 2.45) is 11.8 Å². The third kappa shape index (κ3) is 1.57. The standard InChI is InChI=1S/C16H17BrO/c1-2-11-18-16(12-7-4-3-5-8-12)13-9-6-10-14(16)15(13)17/h1,3-5,7-8,13-15H,6,9-11H2. The van der Waals surface area contributed by atoms with Crippen molar-refractivity contribution in [1.82, 2.24) is 0 Å². The van der Waals surface area contributed by atoms with Gasteiger partial charge in [-0.3, -0.25) is 0 Å². The fraction of sp³-hybridized carbons (Fsp3) is 0.500. The molecule has 2 fully saturated rings. The zero-order chi connectivity index (χ0) is 12.6. The van der Waals surface area contributed by atoms with Crippen LogP contribution in [0, 0.1) is 24.2 Å².